The Morgan fingerprint density at radius 3 is 2.34 bits per heavy atom. The highest BCUT2D eigenvalue weighted by Gasteiger charge is 2.22. The van der Waals surface area contributed by atoms with Crippen molar-refractivity contribution in [3.63, 3.8) is 0 Å². The molecule has 1 saturated heterocycles. The number of anilines is 2. The van der Waals surface area contributed by atoms with Crippen LogP contribution < -0.4 is 10.0 Å². The molecule has 0 aliphatic carbocycles. The van der Waals surface area contributed by atoms with Crippen LogP contribution in [-0.2, 0) is 16.6 Å². The molecule has 1 aliphatic heterocycles. The molecule has 2 N–H and O–H groups in total. The molecule has 0 saturated carbocycles. The third-order valence-corrected chi connectivity index (χ3v) is 8.21. The summed E-state index contributed by atoms with van der Waals surface area (Å²) in [4.78, 5) is 9.68. The van der Waals surface area contributed by atoms with E-state index in [1.807, 2.05) is 45.0 Å². The van der Waals surface area contributed by atoms with Gasteiger partial charge in [-0.25, -0.2) is 17.7 Å². The molecule has 0 unspecified atom stereocenters. The lowest BCUT2D eigenvalue weighted by molar-refractivity contribution is 0.148. The Morgan fingerprint density at radius 2 is 1.63 bits per heavy atom. The van der Waals surface area contributed by atoms with Crippen molar-refractivity contribution in [3.05, 3.63) is 72.3 Å². The normalized spacial score (nSPS) is 15.7. The second kappa shape index (κ2) is 10.5. The monoisotopic (exact) mass is 533 g/mol. The van der Waals surface area contributed by atoms with Crippen LogP contribution in [0.1, 0.15) is 26.3 Å². The number of rotatable bonds is 7. The summed E-state index contributed by atoms with van der Waals surface area (Å²) >= 11 is 0. The second-order valence-electron chi connectivity index (χ2n) is 10.9. The Balaban J connectivity index is 1.35. The number of aromatic nitrogens is 3. The number of hydrogen-bond donors (Lipinski definition) is 2. The molecular formula is C28H35N7O2S. The van der Waals surface area contributed by atoms with Gasteiger partial charge in [0.05, 0.1) is 10.6 Å². The maximum Gasteiger partial charge on any atom is 0.247 e. The lowest BCUT2D eigenvalue weighted by Gasteiger charge is -2.32. The Labute approximate surface area is 224 Å². The molecule has 200 valence electrons. The molecule has 10 heteroatoms. The average molecular weight is 534 g/mol. The quantitative estimate of drug-likeness (QED) is 0.371. The van der Waals surface area contributed by atoms with Gasteiger partial charge < -0.3 is 10.2 Å². The standard InChI is InChI=1S/C28H35N7O2S/c1-28(2,3)32-38(36,37)24-8-5-7-22(19-24)25-9-6-10-26-30-27(31-35(25)26)29-23-13-11-21(12-14-23)20-34-17-15-33(4)16-18-34/h5-14,19,32H,15-18,20H2,1-4H3,(H,29,31). The van der Waals surface area contributed by atoms with Gasteiger partial charge in [0.15, 0.2) is 5.65 Å². The average Bonchev–Trinajstić information content (AvgIpc) is 3.28. The first kappa shape index (κ1) is 26.3. The molecule has 2 aromatic carbocycles. The molecule has 5 rings (SSSR count). The third kappa shape index (κ3) is 6.21. The molecule has 0 amide bonds. The Morgan fingerprint density at radius 1 is 0.921 bits per heavy atom. The number of benzene rings is 2. The molecule has 2 aromatic heterocycles. The lowest BCUT2D eigenvalue weighted by Crippen LogP contribution is -2.43. The molecule has 0 bridgehead atoms. The minimum atomic E-state index is -3.67. The minimum Gasteiger partial charge on any atom is -0.323 e. The predicted octanol–water partition coefficient (Wildman–Crippen LogP) is 3.96. The Kier molecular flexibility index (Phi) is 7.23. The molecular weight excluding hydrogens is 498 g/mol. The van der Waals surface area contributed by atoms with Crippen molar-refractivity contribution in [2.75, 3.05) is 38.5 Å². The molecule has 9 nitrogen and oxygen atoms in total. The molecule has 38 heavy (non-hydrogen) atoms. The Bertz CT molecular complexity index is 1520. The number of sulfonamides is 1. The molecule has 1 fully saturated rings. The van der Waals surface area contributed by atoms with Crippen LogP contribution in [0.3, 0.4) is 0 Å². The summed E-state index contributed by atoms with van der Waals surface area (Å²) in [7, 11) is -1.50. The number of nitrogens with zero attached hydrogens (tertiary/aromatic N) is 5. The van der Waals surface area contributed by atoms with Crippen LogP contribution in [-0.4, -0.2) is 71.6 Å². The van der Waals surface area contributed by atoms with Crippen LogP contribution in [0.25, 0.3) is 16.9 Å². The van der Waals surface area contributed by atoms with E-state index in [0.717, 1.165) is 49.7 Å². The second-order valence-corrected chi connectivity index (χ2v) is 12.6. The lowest BCUT2D eigenvalue weighted by atomic mass is 10.1. The van der Waals surface area contributed by atoms with Gasteiger partial charge in [-0.1, -0.05) is 30.3 Å². The molecule has 0 spiro atoms. The highest BCUT2D eigenvalue weighted by atomic mass is 32.2. The molecule has 1 aliphatic rings. The van der Waals surface area contributed by atoms with Crippen molar-refractivity contribution in [2.45, 2.75) is 37.8 Å². The minimum absolute atomic E-state index is 0.206. The fourth-order valence-electron chi connectivity index (χ4n) is 4.55. The summed E-state index contributed by atoms with van der Waals surface area (Å²) in [6.07, 6.45) is 0. The maximum absolute atomic E-state index is 12.9. The first-order chi connectivity index (χ1) is 18.1. The van der Waals surface area contributed by atoms with E-state index in [1.165, 1.54) is 5.56 Å². The van der Waals surface area contributed by atoms with Crippen LogP contribution in [0.15, 0.2) is 71.6 Å². The topological polar surface area (TPSA) is 94.9 Å². The van der Waals surface area contributed by atoms with Crippen LogP contribution in [0.2, 0.25) is 0 Å². The van der Waals surface area contributed by atoms with Crippen LogP contribution in [0, 0.1) is 0 Å². The van der Waals surface area contributed by atoms with Crippen molar-refractivity contribution in [1.82, 2.24) is 29.1 Å². The van der Waals surface area contributed by atoms with E-state index in [4.69, 9.17) is 0 Å². The van der Waals surface area contributed by atoms with Gasteiger partial charge in [-0.05, 0) is 69.8 Å². The molecule has 4 aromatic rings. The number of piperazine rings is 1. The van der Waals surface area contributed by atoms with Crippen LogP contribution in [0.4, 0.5) is 11.6 Å². The first-order valence-electron chi connectivity index (χ1n) is 12.8. The van der Waals surface area contributed by atoms with Gasteiger partial charge >= 0.3 is 0 Å². The van der Waals surface area contributed by atoms with Crippen LogP contribution >= 0.6 is 0 Å². The number of fused-ring (bicyclic) bond motifs is 1. The van der Waals surface area contributed by atoms with E-state index in [-0.39, 0.29) is 4.90 Å². The van der Waals surface area contributed by atoms with Crippen molar-refractivity contribution in [2.24, 2.45) is 0 Å². The zero-order valence-corrected chi connectivity index (χ0v) is 23.2. The van der Waals surface area contributed by atoms with E-state index in [2.05, 4.69) is 61.2 Å². The van der Waals surface area contributed by atoms with Gasteiger partial charge in [-0.15, -0.1) is 5.10 Å². The number of pyridine rings is 1. The Hall–Kier alpha value is -3.31. The zero-order valence-electron chi connectivity index (χ0n) is 22.3. The van der Waals surface area contributed by atoms with E-state index in [9.17, 15) is 8.42 Å². The number of hydrogen-bond acceptors (Lipinski definition) is 7. The van der Waals surface area contributed by atoms with E-state index in [1.54, 1.807) is 22.7 Å². The van der Waals surface area contributed by atoms with Crippen molar-refractivity contribution < 1.29 is 8.42 Å². The summed E-state index contributed by atoms with van der Waals surface area (Å²) in [5, 5.41) is 7.98. The largest absolute Gasteiger partial charge is 0.323 e. The number of nitrogens with one attached hydrogen (secondary N) is 2. The molecule has 0 atom stereocenters. The maximum atomic E-state index is 12.9. The van der Waals surface area contributed by atoms with Gasteiger partial charge in [0.25, 0.3) is 0 Å². The smallest absolute Gasteiger partial charge is 0.247 e. The summed E-state index contributed by atoms with van der Waals surface area (Å²) < 4.78 is 30.2. The molecule has 3 heterocycles. The summed E-state index contributed by atoms with van der Waals surface area (Å²) in [5.74, 6) is 0.474. The first-order valence-corrected chi connectivity index (χ1v) is 14.3. The van der Waals surface area contributed by atoms with E-state index < -0.39 is 15.6 Å². The summed E-state index contributed by atoms with van der Waals surface area (Å²) in [5.41, 5.74) is 3.75. The zero-order chi connectivity index (χ0) is 26.9. The van der Waals surface area contributed by atoms with Gasteiger partial charge in [0.1, 0.15) is 0 Å². The van der Waals surface area contributed by atoms with Gasteiger partial charge in [0, 0.05) is 49.5 Å². The summed E-state index contributed by atoms with van der Waals surface area (Å²) in [6, 6.07) is 20.9. The third-order valence-electron chi connectivity index (χ3n) is 6.45. The fraction of sp³-hybridized carbons (Fsp3) is 0.357. The SMILES string of the molecule is CN1CCN(Cc2ccc(Nc3nc4cccc(-c5cccc(S(=O)(=O)NC(C)(C)C)c5)n4n3)cc2)CC1. The van der Waals surface area contributed by atoms with Gasteiger partial charge in [-0.3, -0.25) is 4.90 Å². The van der Waals surface area contributed by atoms with Gasteiger partial charge in [0.2, 0.25) is 16.0 Å². The van der Waals surface area contributed by atoms with Crippen molar-refractivity contribution in [1.29, 1.82) is 0 Å². The summed E-state index contributed by atoms with van der Waals surface area (Å²) in [6.45, 7) is 10.8. The van der Waals surface area contributed by atoms with E-state index >= 15 is 0 Å². The van der Waals surface area contributed by atoms with E-state index in [0.29, 0.717) is 11.6 Å². The fourth-order valence-corrected chi connectivity index (χ4v) is 6.01. The van der Waals surface area contributed by atoms with Crippen LogP contribution in [0.5, 0.6) is 0 Å². The molecule has 0 radical (unpaired) electrons. The predicted molar refractivity (Wildman–Crippen MR) is 151 cm³/mol. The van der Waals surface area contributed by atoms with Crippen molar-refractivity contribution in [3.8, 4) is 11.3 Å². The van der Waals surface area contributed by atoms with Crippen molar-refractivity contribution >= 4 is 27.3 Å². The highest BCUT2D eigenvalue weighted by molar-refractivity contribution is 7.89. The highest BCUT2D eigenvalue weighted by Crippen LogP contribution is 2.25. The van der Waals surface area contributed by atoms with Gasteiger partial charge in [-0.2, -0.15) is 4.98 Å². The number of likely N-dealkylation sites (N-methyl/N-ethyl adjacent to an activating group) is 1.